The van der Waals surface area contributed by atoms with E-state index in [9.17, 15) is 15.0 Å². The van der Waals surface area contributed by atoms with Gasteiger partial charge in [0.05, 0.1) is 29.3 Å². The molecule has 1 aliphatic heterocycles. The number of H-pyrrole nitrogens is 1. The predicted molar refractivity (Wildman–Crippen MR) is 133 cm³/mol. The van der Waals surface area contributed by atoms with Crippen molar-refractivity contribution >= 4 is 28.5 Å². The summed E-state index contributed by atoms with van der Waals surface area (Å²) in [6.07, 6.45) is -2.23. The van der Waals surface area contributed by atoms with Gasteiger partial charge in [-0.2, -0.15) is 4.98 Å². The largest absolute Gasteiger partial charge is 0.456 e. The number of aliphatic hydroxyl groups excluding tert-OH is 2. The van der Waals surface area contributed by atoms with Gasteiger partial charge in [-0.05, 0) is 41.0 Å². The van der Waals surface area contributed by atoms with Gasteiger partial charge < -0.3 is 30.0 Å². The molecule has 35 heavy (non-hydrogen) atoms. The normalized spacial score (nSPS) is 19.7. The van der Waals surface area contributed by atoms with Crippen molar-refractivity contribution in [2.45, 2.75) is 18.3 Å². The molecule has 0 aliphatic carbocycles. The van der Waals surface area contributed by atoms with E-state index in [0.717, 1.165) is 22.3 Å². The highest BCUT2D eigenvalue weighted by molar-refractivity contribution is 6.34. The van der Waals surface area contributed by atoms with Crippen LogP contribution in [0.5, 0.6) is 6.01 Å². The summed E-state index contributed by atoms with van der Waals surface area (Å²) in [5.41, 5.74) is 5.75. The number of hydrogen-bond acceptors (Lipinski definition) is 6. The third-order valence-corrected chi connectivity index (χ3v) is 6.44. The molecule has 5 rings (SSSR count). The maximum atomic E-state index is 11.8. The van der Waals surface area contributed by atoms with Crippen LogP contribution < -0.4 is 10.1 Å². The van der Waals surface area contributed by atoms with Crippen LogP contribution in [0.25, 0.3) is 33.3 Å². The molecular weight excluding hydrogens is 470 g/mol. The Bertz CT molecular complexity index is 1350. The molecule has 0 bridgehead atoms. The van der Waals surface area contributed by atoms with Gasteiger partial charge >= 0.3 is 0 Å². The number of amides is 1. The predicted octanol–water partition coefficient (Wildman–Crippen LogP) is 3.41. The van der Waals surface area contributed by atoms with Crippen LogP contribution in [0, 0.1) is 0 Å². The molecule has 9 heteroatoms. The van der Waals surface area contributed by atoms with Crippen molar-refractivity contribution in [3.8, 4) is 28.3 Å². The minimum Gasteiger partial charge on any atom is -0.456 e. The minimum atomic E-state index is -0.939. The number of halogens is 1. The van der Waals surface area contributed by atoms with Crippen molar-refractivity contribution in [1.29, 1.82) is 0 Å². The van der Waals surface area contributed by atoms with E-state index in [1.807, 2.05) is 42.5 Å². The number of fused-ring (bicyclic) bond motifs is 1. The molecule has 0 spiro atoms. The molecule has 1 amide bonds. The summed E-state index contributed by atoms with van der Waals surface area (Å²) in [5, 5.41) is 22.6. The van der Waals surface area contributed by atoms with Gasteiger partial charge in [0.25, 0.3) is 11.9 Å². The number of nitrogens with zero attached hydrogens (tertiary/aromatic N) is 1. The molecule has 0 saturated carbocycles. The van der Waals surface area contributed by atoms with Gasteiger partial charge in [0, 0.05) is 18.2 Å². The summed E-state index contributed by atoms with van der Waals surface area (Å²) in [4.78, 5) is 19.3. The van der Waals surface area contributed by atoms with Gasteiger partial charge in [-0.25, -0.2) is 0 Å². The van der Waals surface area contributed by atoms with E-state index < -0.39 is 18.3 Å². The van der Waals surface area contributed by atoms with Crippen LogP contribution in [0.15, 0.2) is 60.7 Å². The summed E-state index contributed by atoms with van der Waals surface area (Å²) < 4.78 is 11.1. The monoisotopic (exact) mass is 493 g/mol. The molecule has 1 aliphatic rings. The smallest absolute Gasteiger partial charge is 0.295 e. The summed E-state index contributed by atoms with van der Waals surface area (Å²) in [6, 6.07) is 19.3. The molecule has 4 aromatic rings. The first-order valence-corrected chi connectivity index (χ1v) is 11.5. The van der Waals surface area contributed by atoms with Gasteiger partial charge in [0.1, 0.15) is 12.2 Å². The van der Waals surface area contributed by atoms with Crippen LogP contribution in [-0.2, 0) is 4.74 Å². The Hall–Kier alpha value is -3.43. The molecule has 3 aromatic carbocycles. The molecule has 0 radical (unpaired) electrons. The summed E-state index contributed by atoms with van der Waals surface area (Å²) in [7, 11) is 1.61. The van der Waals surface area contributed by atoms with Crippen LogP contribution in [0.1, 0.15) is 10.4 Å². The molecule has 1 aromatic heterocycles. The molecule has 3 atom stereocenters. The van der Waals surface area contributed by atoms with E-state index in [1.54, 1.807) is 25.2 Å². The number of aromatic amines is 1. The van der Waals surface area contributed by atoms with Gasteiger partial charge in [-0.15, -0.1) is 0 Å². The molecule has 4 N–H and O–H groups in total. The lowest BCUT2D eigenvalue weighted by Gasteiger charge is -2.15. The van der Waals surface area contributed by atoms with Crippen LogP contribution in [0.2, 0.25) is 5.02 Å². The number of ether oxygens (including phenoxy) is 2. The third-order valence-electron chi connectivity index (χ3n) is 6.13. The first-order valence-electron chi connectivity index (χ1n) is 11.2. The van der Waals surface area contributed by atoms with Crippen molar-refractivity contribution in [3.63, 3.8) is 0 Å². The van der Waals surface area contributed by atoms with Crippen molar-refractivity contribution in [3.05, 3.63) is 71.2 Å². The first kappa shape index (κ1) is 23.3. The third kappa shape index (κ3) is 4.61. The fourth-order valence-electron chi connectivity index (χ4n) is 4.15. The Kier molecular flexibility index (Phi) is 6.44. The minimum absolute atomic E-state index is 0.119. The van der Waals surface area contributed by atoms with Crippen molar-refractivity contribution in [2.24, 2.45) is 0 Å². The maximum absolute atomic E-state index is 11.8. The van der Waals surface area contributed by atoms with E-state index in [4.69, 9.17) is 21.1 Å². The van der Waals surface area contributed by atoms with Crippen LogP contribution in [0.3, 0.4) is 0 Å². The molecule has 1 fully saturated rings. The second-order valence-electron chi connectivity index (χ2n) is 8.33. The summed E-state index contributed by atoms with van der Waals surface area (Å²) >= 11 is 6.58. The maximum Gasteiger partial charge on any atom is 0.295 e. The fourth-order valence-corrected chi connectivity index (χ4v) is 4.42. The Morgan fingerprint density at radius 1 is 1.14 bits per heavy atom. The summed E-state index contributed by atoms with van der Waals surface area (Å²) in [5.74, 6) is -0.119. The molecule has 0 unspecified atom stereocenters. The lowest BCUT2D eigenvalue weighted by Crippen LogP contribution is -2.36. The van der Waals surface area contributed by atoms with Crippen LogP contribution in [-0.4, -0.2) is 64.7 Å². The summed E-state index contributed by atoms with van der Waals surface area (Å²) in [6.45, 7) is -0.115. The number of aromatic nitrogens is 2. The fraction of sp³-hybridized carbons (Fsp3) is 0.231. The lowest BCUT2D eigenvalue weighted by molar-refractivity contribution is -0.00390. The number of carbonyl (C=O) groups excluding carboxylic acids is 1. The van der Waals surface area contributed by atoms with E-state index in [-0.39, 0.29) is 25.1 Å². The molecule has 1 saturated heterocycles. The molecular formula is C26H24ClN3O5. The average Bonchev–Trinajstić information content (AvgIpc) is 3.45. The number of carbonyl (C=O) groups is 1. The lowest BCUT2D eigenvalue weighted by atomic mass is 9.99. The standard InChI is InChI=1S/C26H24ClN3O5/c1-28-25(33)17-8-4-15(5-9-17)14-2-6-16(7-3-14)18-10-20-21(11-19(18)27)30-26(29-20)35-23-13-34-22(12-31)24(23)32/h2-11,22-24,31-32H,12-13H2,1H3,(H,28,33)(H,29,30)/t22-,23-,24-/m1/s1. The second-order valence-corrected chi connectivity index (χ2v) is 8.73. The first-order chi connectivity index (χ1) is 17.0. The zero-order valence-corrected chi connectivity index (χ0v) is 19.6. The topological polar surface area (TPSA) is 117 Å². The number of nitrogens with one attached hydrogen (secondary N) is 2. The molecule has 8 nitrogen and oxygen atoms in total. The molecule has 180 valence electrons. The van der Waals surface area contributed by atoms with Gasteiger partial charge in [-0.1, -0.05) is 48.0 Å². The quantitative estimate of drug-likeness (QED) is 0.327. The Balaban J connectivity index is 1.36. The van der Waals surface area contributed by atoms with E-state index >= 15 is 0 Å². The number of hydrogen-bond donors (Lipinski definition) is 4. The van der Waals surface area contributed by atoms with E-state index in [1.165, 1.54) is 0 Å². The highest BCUT2D eigenvalue weighted by Crippen LogP contribution is 2.34. The van der Waals surface area contributed by atoms with Gasteiger partial charge in [-0.3, -0.25) is 4.79 Å². The highest BCUT2D eigenvalue weighted by atomic mass is 35.5. The highest BCUT2D eigenvalue weighted by Gasteiger charge is 2.37. The van der Waals surface area contributed by atoms with Crippen LogP contribution >= 0.6 is 11.6 Å². The second kappa shape index (κ2) is 9.67. The van der Waals surface area contributed by atoms with Gasteiger partial charge in [0.15, 0.2) is 6.10 Å². The SMILES string of the molecule is CNC(=O)c1ccc(-c2ccc(-c3cc4nc(O[C@@H]5CO[C@H](CO)[C@H]5O)[nH]c4cc3Cl)cc2)cc1. The van der Waals surface area contributed by atoms with Crippen molar-refractivity contribution < 1.29 is 24.5 Å². The molecule has 2 heterocycles. The average molecular weight is 494 g/mol. The zero-order valence-electron chi connectivity index (χ0n) is 18.9. The van der Waals surface area contributed by atoms with E-state index in [2.05, 4.69) is 15.3 Å². The number of imidazole rings is 1. The Morgan fingerprint density at radius 2 is 1.80 bits per heavy atom. The Labute approximate surface area is 206 Å². The van der Waals surface area contributed by atoms with E-state index in [0.29, 0.717) is 21.6 Å². The number of rotatable bonds is 6. The number of aliphatic hydroxyl groups is 2. The van der Waals surface area contributed by atoms with Gasteiger partial charge in [0.2, 0.25) is 0 Å². The van der Waals surface area contributed by atoms with Crippen molar-refractivity contribution in [1.82, 2.24) is 15.3 Å². The van der Waals surface area contributed by atoms with Crippen molar-refractivity contribution in [2.75, 3.05) is 20.3 Å². The number of benzene rings is 3. The Morgan fingerprint density at radius 3 is 2.43 bits per heavy atom. The van der Waals surface area contributed by atoms with Crippen LogP contribution in [0.4, 0.5) is 0 Å². The zero-order chi connectivity index (χ0) is 24.5.